The maximum Gasteiger partial charge on any atom is 0.134 e. The fourth-order valence-electron chi connectivity index (χ4n) is 2.70. The molecule has 2 heterocycles. The topological polar surface area (TPSA) is 25.6 Å². The van der Waals surface area contributed by atoms with E-state index in [0.29, 0.717) is 12.0 Å². The van der Waals surface area contributed by atoms with Crippen LogP contribution in [-0.4, -0.2) is 31.1 Å². The van der Waals surface area contributed by atoms with Crippen molar-refractivity contribution in [2.45, 2.75) is 38.7 Å². The Morgan fingerprint density at radius 3 is 2.65 bits per heavy atom. The number of furan rings is 1. The van der Waals surface area contributed by atoms with E-state index in [4.69, 9.17) is 9.15 Å². The number of piperidine rings is 1. The van der Waals surface area contributed by atoms with Crippen molar-refractivity contribution in [2.75, 3.05) is 20.1 Å². The van der Waals surface area contributed by atoms with Gasteiger partial charge in [-0.05, 0) is 44.2 Å². The van der Waals surface area contributed by atoms with Gasteiger partial charge in [-0.3, -0.25) is 0 Å². The zero-order valence-corrected chi connectivity index (χ0v) is 12.6. The molecule has 0 amide bonds. The van der Waals surface area contributed by atoms with E-state index in [9.17, 15) is 0 Å². The molecule has 0 saturated carbocycles. The van der Waals surface area contributed by atoms with Gasteiger partial charge in [0.15, 0.2) is 0 Å². The fraction of sp³-hybridized carbons (Fsp3) is 0.529. The number of rotatable bonds is 3. The summed E-state index contributed by atoms with van der Waals surface area (Å²) < 4.78 is 11.9. The van der Waals surface area contributed by atoms with Crippen molar-refractivity contribution in [3.05, 3.63) is 30.0 Å². The summed E-state index contributed by atoms with van der Waals surface area (Å²) in [5.41, 5.74) is 0.949. The van der Waals surface area contributed by atoms with Gasteiger partial charge in [-0.2, -0.15) is 0 Å². The summed E-state index contributed by atoms with van der Waals surface area (Å²) in [5.74, 6) is 2.42. The van der Waals surface area contributed by atoms with Crippen molar-refractivity contribution in [1.29, 1.82) is 0 Å². The molecule has 20 heavy (non-hydrogen) atoms. The average molecular weight is 273 g/mol. The number of hydrogen-bond acceptors (Lipinski definition) is 3. The molecule has 0 atom stereocenters. The van der Waals surface area contributed by atoms with Crippen LogP contribution in [0.25, 0.3) is 11.0 Å². The molecule has 3 rings (SSSR count). The molecule has 1 aliphatic heterocycles. The third kappa shape index (κ3) is 2.83. The molecule has 1 aliphatic rings. The first-order valence-corrected chi connectivity index (χ1v) is 7.50. The maximum absolute atomic E-state index is 6.11. The summed E-state index contributed by atoms with van der Waals surface area (Å²) in [6, 6.07) is 8.27. The van der Waals surface area contributed by atoms with Gasteiger partial charge >= 0.3 is 0 Å². The largest absolute Gasteiger partial charge is 0.490 e. The van der Waals surface area contributed by atoms with Gasteiger partial charge in [-0.1, -0.05) is 13.8 Å². The Balaban J connectivity index is 1.75. The minimum absolute atomic E-state index is 0.347. The number of benzene rings is 1. The first kappa shape index (κ1) is 13.5. The van der Waals surface area contributed by atoms with Crippen molar-refractivity contribution in [2.24, 2.45) is 0 Å². The van der Waals surface area contributed by atoms with E-state index in [1.54, 1.807) is 0 Å². The molecule has 0 spiro atoms. The molecule has 2 aromatic rings. The number of nitrogens with zero attached hydrogens (tertiary/aromatic N) is 1. The third-order valence-electron chi connectivity index (χ3n) is 4.04. The normalized spacial score (nSPS) is 18.0. The summed E-state index contributed by atoms with van der Waals surface area (Å²) in [4.78, 5) is 2.36. The molecule has 0 N–H and O–H groups in total. The van der Waals surface area contributed by atoms with Crippen LogP contribution in [0.1, 0.15) is 38.4 Å². The first-order chi connectivity index (χ1) is 9.61. The lowest BCUT2D eigenvalue weighted by atomic mass is 10.1. The number of hydrogen-bond donors (Lipinski definition) is 0. The second-order valence-corrected chi connectivity index (χ2v) is 6.12. The lowest BCUT2D eigenvalue weighted by Gasteiger charge is -2.29. The lowest BCUT2D eigenvalue weighted by Crippen LogP contribution is -2.35. The molecule has 108 valence electrons. The molecule has 1 saturated heterocycles. The van der Waals surface area contributed by atoms with Crippen LogP contribution in [0, 0.1) is 0 Å². The number of ether oxygens (including phenoxy) is 1. The van der Waals surface area contributed by atoms with Crippen molar-refractivity contribution in [3.8, 4) is 5.75 Å². The van der Waals surface area contributed by atoms with Crippen LogP contribution in [-0.2, 0) is 0 Å². The van der Waals surface area contributed by atoms with Crippen molar-refractivity contribution < 1.29 is 9.15 Å². The van der Waals surface area contributed by atoms with Gasteiger partial charge in [0.1, 0.15) is 23.2 Å². The smallest absolute Gasteiger partial charge is 0.134 e. The van der Waals surface area contributed by atoms with E-state index in [0.717, 1.165) is 48.4 Å². The summed E-state index contributed by atoms with van der Waals surface area (Å²) >= 11 is 0. The fourth-order valence-corrected chi connectivity index (χ4v) is 2.70. The number of fused-ring (bicyclic) bond motifs is 1. The van der Waals surface area contributed by atoms with Crippen LogP contribution in [0.4, 0.5) is 0 Å². The lowest BCUT2D eigenvalue weighted by molar-refractivity contribution is 0.114. The SMILES string of the molecule is CC(C)c1cc2cc(OC3CCN(C)CC3)ccc2o1. The molecule has 0 bridgehead atoms. The van der Waals surface area contributed by atoms with E-state index in [1.165, 1.54) is 0 Å². The van der Waals surface area contributed by atoms with Crippen LogP contribution >= 0.6 is 0 Å². The molecular formula is C17H23NO2. The van der Waals surface area contributed by atoms with Gasteiger partial charge in [-0.25, -0.2) is 0 Å². The second kappa shape index (κ2) is 5.49. The molecule has 0 aliphatic carbocycles. The highest BCUT2D eigenvalue weighted by molar-refractivity contribution is 5.79. The first-order valence-electron chi connectivity index (χ1n) is 7.50. The molecule has 1 aromatic carbocycles. The monoisotopic (exact) mass is 273 g/mol. The molecule has 3 nitrogen and oxygen atoms in total. The summed E-state index contributed by atoms with van der Waals surface area (Å²) in [5, 5.41) is 1.14. The third-order valence-corrected chi connectivity index (χ3v) is 4.04. The highest BCUT2D eigenvalue weighted by Crippen LogP contribution is 2.29. The Labute approximate surface area is 120 Å². The van der Waals surface area contributed by atoms with Crippen LogP contribution in [0.15, 0.2) is 28.7 Å². The summed E-state index contributed by atoms with van der Waals surface area (Å²) in [6.45, 7) is 6.54. The van der Waals surface area contributed by atoms with Gasteiger partial charge in [0, 0.05) is 24.4 Å². The Morgan fingerprint density at radius 1 is 1.20 bits per heavy atom. The van der Waals surface area contributed by atoms with Gasteiger partial charge in [0.05, 0.1) is 0 Å². The van der Waals surface area contributed by atoms with E-state index >= 15 is 0 Å². The molecule has 1 fully saturated rings. The van der Waals surface area contributed by atoms with Crippen LogP contribution in [0.5, 0.6) is 5.75 Å². The van der Waals surface area contributed by atoms with Gasteiger partial charge in [0.2, 0.25) is 0 Å². The highest BCUT2D eigenvalue weighted by atomic mass is 16.5. The van der Waals surface area contributed by atoms with Crippen molar-refractivity contribution in [3.63, 3.8) is 0 Å². The van der Waals surface area contributed by atoms with E-state index in [1.807, 2.05) is 12.1 Å². The minimum atomic E-state index is 0.347. The standard InChI is InChI=1S/C17H23NO2/c1-12(2)17-11-13-10-15(4-5-16(13)20-17)19-14-6-8-18(3)9-7-14/h4-5,10-12,14H,6-9H2,1-3H3. The highest BCUT2D eigenvalue weighted by Gasteiger charge is 2.18. The zero-order valence-electron chi connectivity index (χ0n) is 12.6. The van der Waals surface area contributed by atoms with Crippen molar-refractivity contribution in [1.82, 2.24) is 4.90 Å². The average Bonchev–Trinajstić information content (AvgIpc) is 2.85. The van der Waals surface area contributed by atoms with E-state index in [2.05, 4.69) is 37.9 Å². The summed E-state index contributed by atoms with van der Waals surface area (Å²) in [6.07, 6.45) is 2.56. The molecule has 1 aromatic heterocycles. The number of likely N-dealkylation sites (tertiary alicyclic amines) is 1. The van der Waals surface area contributed by atoms with E-state index in [-0.39, 0.29) is 0 Å². The second-order valence-electron chi connectivity index (χ2n) is 6.12. The molecule has 0 radical (unpaired) electrons. The predicted molar refractivity (Wildman–Crippen MR) is 81.5 cm³/mol. The Hall–Kier alpha value is -1.48. The maximum atomic E-state index is 6.11. The summed E-state index contributed by atoms with van der Waals surface area (Å²) in [7, 11) is 2.17. The van der Waals surface area contributed by atoms with Crippen molar-refractivity contribution >= 4 is 11.0 Å². The molecule has 3 heteroatoms. The quantitative estimate of drug-likeness (QED) is 0.844. The Morgan fingerprint density at radius 2 is 1.95 bits per heavy atom. The van der Waals surface area contributed by atoms with Gasteiger partial charge in [-0.15, -0.1) is 0 Å². The zero-order chi connectivity index (χ0) is 14.1. The van der Waals surface area contributed by atoms with Crippen LogP contribution in [0.3, 0.4) is 0 Å². The molecular weight excluding hydrogens is 250 g/mol. The van der Waals surface area contributed by atoms with Crippen LogP contribution < -0.4 is 4.74 Å². The van der Waals surface area contributed by atoms with Crippen LogP contribution in [0.2, 0.25) is 0 Å². The van der Waals surface area contributed by atoms with Gasteiger partial charge in [0.25, 0.3) is 0 Å². The predicted octanol–water partition coefficient (Wildman–Crippen LogP) is 4.03. The Kier molecular flexibility index (Phi) is 3.70. The molecule has 0 unspecified atom stereocenters. The Bertz CT molecular complexity index is 580. The van der Waals surface area contributed by atoms with E-state index < -0.39 is 0 Å². The minimum Gasteiger partial charge on any atom is -0.490 e. The van der Waals surface area contributed by atoms with Gasteiger partial charge < -0.3 is 14.1 Å².